The van der Waals surface area contributed by atoms with Crippen LogP contribution in [0.25, 0.3) is 0 Å². The molecule has 0 fully saturated rings. The molecule has 3 rings (SSSR count). The molecule has 2 amide bonds. The highest BCUT2D eigenvalue weighted by Crippen LogP contribution is 2.18. The largest absolute Gasteiger partial charge is 0.322 e. The lowest BCUT2D eigenvalue weighted by molar-refractivity contribution is -0.121. The van der Waals surface area contributed by atoms with Crippen LogP contribution in [0.1, 0.15) is 35.0 Å². The van der Waals surface area contributed by atoms with E-state index in [-0.39, 0.29) is 17.7 Å². The average molecular weight is 322 g/mol. The number of nitrogens with one attached hydrogen (secondary N) is 2. The number of rotatable bonds is 3. The molecule has 2 aromatic rings. The van der Waals surface area contributed by atoms with E-state index < -0.39 is 0 Å². The second kappa shape index (κ2) is 6.62. The lowest BCUT2D eigenvalue weighted by atomic mass is 9.94. The van der Waals surface area contributed by atoms with E-state index in [0.717, 1.165) is 17.0 Å². The van der Waals surface area contributed by atoms with E-state index in [9.17, 15) is 9.59 Å². The molecular weight excluding hydrogens is 304 g/mol. The maximum atomic E-state index is 12.2. The summed E-state index contributed by atoms with van der Waals surface area (Å²) in [6, 6.07) is 11.0. The molecule has 1 aliphatic heterocycles. The summed E-state index contributed by atoms with van der Waals surface area (Å²) in [6.07, 6.45) is 1.98. The Morgan fingerprint density at radius 1 is 1.21 bits per heavy atom. The Balaban J connectivity index is 1.72. The van der Waals surface area contributed by atoms with Crippen molar-refractivity contribution in [2.24, 2.45) is 11.0 Å². The molecular formula is C18H18N4O2. The second-order valence-electron chi connectivity index (χ2n) is 5.86. The van der Waals surface area contributed by atoms with Gasteiger partial charge in [-0.1, -0.05) is 19.1 Å². The Bertz CT molecular complexity index is 795. The number of nitrogens with zero attached hydrogens (tertiary/aromatic N) is 2. The number of hydrogen-bond donors (Lipinski definition) is 2. The highest BCUT2D eigenvalue weighted by molar-refractivity contribution is 6.07. The number of aromatic nitrogens is 1. The van der Waals surface area contributed by atoms with Gasteiger partial charge in [-0.3, -0.25) is 14.6 Å². The number of amides is 2. The Hall–Kier alpha value is -3.02. The van der Waals surface area contributed by atoms with Crippen molar-refractivity contribution in [1.82, 2.24) is 10.4 Å². The number of anilines is 1. The van der Waals surface area contributed by atoms with Crippen molar-refractivity contribution in [1.29, 1.82) is 0 Å². The molecule has 1 unspecified atom stereocenters. The quantitative estimate of drug-likeness (QED) is 0.910. The minimum atomic E-state index is -0.203. The Morgan fingerprint density at radius 2 is 1.96 bits per heavy atom. The van der Waals surface area contributed by atoms with Crippen molar-refractivity contribution < 1.29 is 9.59 Å². The summed E-state index contributed by atoms with van der Waals surface area (Å²) >= 11 is 0. The van der Waals surface area contributed by atoms with Gasteiger partial charge in [0.1, 0.15) is 0 Å². The van der Waals surface area contributed by atoms with E-state index >= 15 is 0 Å². The zero-order valence-electron chi connectivity index (χ0n) is 13.5. The third-order valence-electron chi connectivity index (χ3n) is 3.87. The molecule has 0 bridgehead atoms. The number of hydrogen-bond acceptors (Lipinski definition) is 4. The molecule has 0 spiro atoms. The first-order valence-corrected chi connectivity index (χ1v) is 7.74. The van der Waals surface area contributed by atoms with Crippen LogP contribution in [-0.4, -0.2) is 22.5 Å². The van der Waals surface area contributed by atoms with E-state index in [0.29, 0.717) is 17.7 Å². The normalized spacial score (nSPS) is 17.0. The molecule has 24 heavy (non-hydrogen) atoms. The molecule has 1 aromatic carbocycles. The molecule has 1 aliphatic rings. The van der Waals surface area contributed by atoms with Gasteiger partial charge in [0.05, 0.1) is 11.3 Å². The van der Waals surface area contributed by atoms with Crippen LogP contribution >= 0.6 is 0 Å². The van der Waals surface area contributed by atoms with Gasteiger partial charge < -0.3 is 5.32 Å². The summed E-state index contributed by atoms with van der Waals surface area (Å²) < 4.78 is 0. The topological polar surface area (TPSA) is 83.5 Å². The van der Waals surface area contributed by atoms with Gasteiger partial charge in [0.15, 0.2) is 0 Å². The van der Waals surface area contributed by atoms with Crippen molar-refractivity contribution in [2.45, 2.75) is 20.3 Å². The van der Waals surface area contributed by atoms with E-state index in [4.69, 9.17) is 0 Å². The van der Waals surface area contributed by atoms with Crippen LogP contribution in [0.15, 0.2) is 47.7 Å². The number of aryl methyl sites for hydroxylation is 1. The molecule has 0 radical (unpaired) electrons. The van der Waals surface area contributed by atoms with Crippen LogP contribution in [0.3, 0.4) is 0 Å². The predicted molar refractivity (Wildman–Crippen MR) is 91.8 cm³/mol. The fraction of sp³-hybridized carbons (Fsp3) is 0.222. The highest BCUT2D eigenvalue weighted by atomic mass is 16.2. The summed E-state index contributed by atoms with van der Waals surface area (Å²) in [5, 5.41) is 6.97. The minimum Gasteiger partial charge on any atom is -0.322 e. The lowest BCUT2D eigenvalue weighted by Crippen LogP contribution is -2.31. The average Bonchev–Trinajstić information content (AvgIpc) is 2.56. The number of pyridine rings is 1. The van der Waals surface area contributed by atoms with Crippen LogP contribution in [0, 0.1) is 12.8 Å². The number of benzene rings is 1. The van der Waals surface area contributed by atoms with E-state index in [1.54, 1.807) is 18.3 Å². The number of carbonyl (C=O) groups is 2. The molecule has 122 valence electrons. The summed E-state index contributed by atoms with van der Waals surface area (Å²) in [5.41, 5.74) is 6.35. The predicted octanol–water partition coefficient (Wildman–Crippen LogP) is 2.50. The molecule has 0 aliphatic carbocycles. The van der Waals surface area contributed by atoms with E-state index in [2.05, 4.69) is 20.8 Å². The van der Waals surface area contributed by atoms with Gasteiger partial charge in [-0.25, -0.2) is 5.43 Å². The van der Waals surface area contributed by atoms with Gasteiger partial charge in [0.25, 0.3) is 5.91 Å². The van der Waals surface area contributed by atoms with Gasteiger partial charge in [0, 0.05) is 29.9 Å². The summed E-state index contributed by atoms with van der Waals surface area (Å²) in [7, 11) is 0. The first-order chi connectivity index (χ1) is 11.5. The van der Waals surface area contributed by atoms with Gasteiger partial charge in [-0.15, -0.1) is 0 Å². The van der Waals surface area contributed by atoms with Gasteiger partial charge >= 0.3 is 0 Å². The zero-order valence-corrected chi connectivity index (χ0v) is 13.5. The summed E-state index contributed by atoms with van der Waals surface area (Å²) in [4.78, 5) is 27.6. The number of carbonyl (C=O) groups excluding carboxylic acids is 2. The van der Waals surface area contributed by atoms with Crippen LogP contribution in [0.5, 0.6) is 0 Å². The molecule has 2 N–H and O–H groups in total. The Kier molecular flexibility index (Phi) is 4.37. The first-order valence-electron chi connectivity index (χ1n) is 7.74. The maximum absolute atomic E-state index is 12.2. The fourth-order valence-electron chi connectivity index (χ4n) is 2.53. The number of hydrazone groups is 1. The van der Waals surface area contributed by atoms with Crippen molar-refractivity contribution in [3.05, 3.63) is 59.4 Å². The van der Waals surface area contributed by atoms with Gasteiger partial charge in [0.2, 0.25) is 5.91 Å². The van der Waals surface area contributed by atoms with Gasteiger partial charge in [-0.05, 0) is 36.8 Å². The Labute approximate surface area is 140 Å². The molecule has 2 heterocycles. The van der Waals surface area contributed by atoms with Crippen molar-refractivity contribution in [3.63, 3.8) is 0 Å². The Morgan fingerprint density at radius 3 is 2.58 bits per heavy atom. The smallest absolute Gasteiger partial charge is 0.257 e. The molecule has 6 nitrogen and oxygen atoms in total. The molecule has 0 saturated carbocycles. The highest BCUT2D eigenvalue weighted by Gasteiger charge is 2.21. The molecule has 1 atom stereocenters. The van der Waals surface area contributed by atoms with Crippen molar-refractivity contribution >= 4 is 23.2 Å². The van der Waals surface area contributed by atoms with Crippen molar-refractivity contribution in [2.75, 3.05) is 5.32 Å². The van der Waals surface area contributed by atoms with E-state index in [1.165, 1.54) is 0 Å². The lowest BCUT2D eigenvalue weighted by Gasteiger charge is -2.19. The second-order valence-corrected chi connectivity index (χ2v) is 5.86. The van der Waals surface area contributed by atoms with Crippen LogP contribution in [0.2, 0.25) is 0 Å². The third kappa shape index (κ3) is 3.48. The standard InChI is InChI=1S/C18H18N4O2/c1-11-9-16(23)21-22-17(11)13-5-7-15(8-6-13)20-18(24)14-4-3-12(2)19-10-14/h3-8,10-11H,9H2,1-2H3,(H,20,24)(H,21,23). The maximum Gasteiger partial charge on any atom is 0.257 e. The van der Waals surface area contributed by atoms with Crippen molar-refractivity contribution in [3.8, 4) is 0 Å². The minimum absolute atomic E-state index is 0.0674. The third-order valence-corrected chi connectivity index (χ3v) is 3.87. The molecule has 0 saturated heterocycles. The summed E-state index contributed by atoms with van der Waals surface area (Å²) in [5.74, 6) is -0.203. The van der Waals surface area contributed by atoms with E-state index in [1.807, 2.05) is 38.1 Å². The SMILES string of the molecule is Cc1ccc(C(=O)Nc2ccc(C3=NNC(=O)CC3C)cc2)cn1. The van der Waals surface area contributed by atoms with Crippen LogP contribution in [-0.2, 0) is 4.79 Å². The van der Waals surface area contributed by atoms with Crippen LogP contribution in [0.4, 0.5) is 5.69 Å². The molecule has 6 heteroatoms. The monoisotopic (exact) mass is 322 g/mol. The van der Waals surface area contributed by atoms with Crippen LogP contribution < -0.4 is 10.7 Å². The molecule has 1 aromatic heterocycles. The first kappa shape index (κ1) is 15.9. The summed E-state index contributed by atoms with van der Waals surface area (Å²) in [6.45, 7) is 3.84. The van der Waals surface area contributed by atoms with Gasteiger partial charge in [-0.2, -0.15) is 5.10 Å². The zero-order chi connectivity index (χ0) is 17.1. The fourth-order valence-corrected chi connectivity index (χ4v) is 2.53.